The third-order valence-electron chi connectivity index (χ3n) is 4.66. The van der Waals surface area contributed by atoms with Crippen molar-refractivity contribution in [1.82, 2.24) is 4.98 Å². The van der Waals surface area contributed by atoms with Gasteiger partial charge in [0.25, 0.3) is 0 Å². The first-order valence-electron chi connectivity index (χ1n) is 8.87. The standard InChI is InChI=1S/C19H35N/c1-4-6-8-10-12-16-19(3,15-11-9-7-5-2)18-14-13-17-20-18/h13-14,17,20H,4-12,15-16H2,1-3H3. The zero-order chi connectivity index (χ0) is 14.7. The van der Waals surface area contributed by atoms with Crippen LogP contribution in [0.1, 0.15) is 97.1 Å². The molecule has 1 N–H and O–H groups in total. The highest BCUT2D eigenvalue weighted by Gasteiger charge is 2.26. The second-order valence-electron chi connectivity index (χ2n) is 6.62. The van der Waals surface area contributed by atoms with Crippen molar-refractivity contribution in [3.05, 3.63) is 24.0 Å². The van der Waals surface area contributed by atoms with Gasteiger partial charge in [-0.1, -0.05) is 78.6 Å². The Morgan fingerprint density at radius 1 is 0.850 bits per heavy atom. The minimum absolute atomic E-state index is 0.365. The van der Waals surface area contributed by atoms with E-state index in [1.165, 1.54) is 76.3 Å². The van der Waals surface area contributed by atoms with Crippen molar-refractivity contribution in [2.45, 2.75) is 96.8 Å². The predicted octanol–water partition coefficient (Wildman–Crippen LogP) is 6.60. The molecule has 0 bridgehead atoms. The summed E-state index contributed by atoms with van der Waals surface area (Å²) in [6.45, 7) is 7.04. The molecule has 1 aromatic heterocycles. The highest BCUT2D eigenvalue weighted by molar-refractivity contribution is 5.16. The molecule has 0 aliphatic rings. The van der Waals surface area contributed by atoms with E-state index in [0.29, 0.717) is 5.41 Å². The highest BCUT2D eigenvalue weighted by atomic mass is 14.7. The molecule has 1 rings (SSSR count). The van der Waals surface area contributed by atoms with Crippen LogP contribution in [-0.2, 0) is 5.41 Å². The number of hydrogen-bond acceptors (Lipinski definition) is 0. The van der Waals surface area contributed by atoms with Crippen molar-refractivity contribution in [1.29, 1.82) is 0 Å². The number of aromatic amines is 1. The molecule has 20 heavy (non-hydrogen) atoms. The van der Waals surface area contributed by atoms with Crippen LogP contribution in [0.15, 0.2) is 18.3 Å². The second kappa shape index (κ2) is 10.1. The molecule has 1 heteroatoms. The molecule has 0 spiro atoms. The molecule has 0 aromatic carbocycles. The van der Waals surface area contributed by atoms with Crippen molar-refractivity contribution < 1.29 is 0 Å². The minimum atomic E-state index is 0.365. The SMILES string of the molecule is CCCCCCCC(C)(CCCCCC)c1ccc[nH]1. The summed E-state index contributed by atoms with van der Waals surface area (Å²) in [4.78, 5) is 3.47. The van der Waals surface area contributed by atoms with Crippen LogP contribution < -0.4 is 0 Å². The van der Waals surface area contributed by atoms with Crippen molar-refractivity contribution in [3.63, 3.8) is 0 Å². The molecule has 1 heterocycles. The fraction of sp³-hybridized carbons (Fsp3) is 0.789. The smallest absolute Gasteiger partial charge is 0.0207 e. The molecule has 1 atom stereocenters. The van der Waals surface area contributed by atoms with Gasteiger partial charge in [-0.25, -0.2) is 0 Å². The molecule has 1 nitrogen and oxygen atoms in total. The van der Waals surface area contributed by atoms with Gasteiger partial charge in [-0.2, -0.15) is 0 Å². The molecule has 0 aliphatic heterocycles. The van der Waals surface area contributed by atoms with Gasteiger partial charge < -0.3 is 4.98 Å². The van der Waals surface area contributed by atoms with E-state index >= 15 is 0 Å². The summed E-state index contributed by atoms with van der Waals surface area (Å²) in [5.41, 5.74) is 1.81. The van der Waals surface area contributed by atoms with Crippen molar-refractivity contribution in [3.8, 4) is 0 Å². The number of aromatic nitrogens is 1. The average Bonchev–Trinajstić information content (AvgIpc) is 2.98. The maximum Gasteiger partial charge on any atom is 0.0207 e. The summed E-state index contributed by atoms with van der Waals surface area (Å²) in [5, 5.41) is 0. The van der Waals surface area contributed by atoms with Crippen LogP contribution in [0.3, 0.4) is 0 Å². The summed E-state index contributed by atoms with van der Waals surface area (Å²) in [6.07, 6.45) is 17.2. The van der Waals surface area contributed by atoms with Crippen LogP contribution in [0.2, 0.25) is 0 Å². The zero-order valence-electron chi connectivity index (χ0n) is 14.0. The van der Waals surface area contributed by atoms with E-state index in [4.69, 9.17) is 0 Å². The van der Waals surface area contributed by atoms with Gasteiger partial charge >= 0.3 is 0 Å². The molecule has 1 unspecified atom stereocenters. The number of hydrogen-bond donors (Lipinski definition) is 1. The molecular formula is C19H35N. The Balaban J connectivity index is 2.43. The Kier molecular flexibility index (Phi) is 8.73. The van der Waals surface area contributed by atoms with Crippen LogP contribution >= 0.6 is 0 Å². The maximum absolute atomic E-state index is 3.47. The lowest BCUT2D eigenvalue weighted by molar-refractivity contribution is 0.356. The van der Waals surface area contributed by atoms with Gasteiger partial charge in [-0.3, -0.25) is 0 Å². The fourth-order valence-electron chi connectivity index (χ4n) is 3.16. The van der Waals surface area contributed by atoms with E-state index in [1.807, 2.05) is 0 Å². The first-order valence-corrected chi connectivity index (χ1v) is 8.87. The molecule has 0 fully saturated rings. The molecule has 0 radical (unpaired) electrons. The predicted molar refractivity (Wildman–Crippen MR) is 90.3 cm³/mol. The third kappa shape index (κ3) is 6.15. The van der Waals surface area contributed by atoms with E-state index < -0.39 is 0 Å². The van der Waals surface area contributed by atoms with Gasteiger partial charge in [-0.15, -0.1) is 0 Å². The Labute approximate surface area is 126 Å². The third-order valence-corrected chi connectivity index (χ3v) is 4.66. The highest BCUT2D eigenvalue weighted by Crippen LogP contribution is 2.34. The van der Waals surface area contributed by atoms with Gasteiger partial charge in [-0.05, 0) is 25.0 Å². The van der Waals surface area contributed by atoms with Crippen LogP contribution in [-0.4, -0.2) is 4.98 Å². The van der Waals surface area contributed by atoms with Gasteiger partial charge in [0.1, 0.15) is 0 Å². The van der Waals surface area contributed by atoms with Crippen molar-refractivity contribution in [2.75, 3.05) is 0 Å². The van der Waals surface area contributed by atoms with Crippen LogP contribution in [0, 0.1) is 0 Å². The molecule has 0 saturated heterocycles. The molecule has 0 saturated carbocycles. The molecular weight excluding hydrogens is 242 g/mol. The molecule has 0 amide bonds. The van der Waals surface area contributed by atoms with Gasteiger partial charge in [0.15, 0.2) is 0 Å². The van der Waals surface area contributed by atoms with E-state index in [-0.39, 0.29) is 0 Å². The van der Waals surface area contributed by atoms with Gasteiger partial charge in [0, 0.05) is 17.3 Å². The normalized spacial score (nSPS) is 14.3. The number of unbranched alkanes of at least 4 members (excludes halogenated alkanes) is 7. The van der Waals surface area contributed by atoms with E-state index in [2.05, 4.69) is 44.1 Å². The largest absolute Gasteiger partial charge is 0.365 e. The fourth-order valence-corrected chi connectivity index (χ4v) is 3.16. The van der Waals surface area contributed by atoms with Crippen LogP contribution in [0.4, 0.5) is 0 Å². The van der Waals surface area contributed by atoms with Crippen LogP contribution in [0.25, 0.3) is 0 Å². The summed E-state index contributed by atoms with van der Waals surface area (Å²) in [7, 11) is 0. The quantitative estimate of drug-likeness (QED) is 0.414. The molecule has 1 aromatic rings. The number of H-pyrrole nitrogens is 1. The maximum atomic E-state index is 3.47. The Bertz CT molecular complexity index is 315. The monoisotopic (exact) mass is 277 g/mol. The summed E-state index contributed by atoms with van der Waals surface area (Å²) >= 11 is 0. The van der Waals surface area contributed by atoms with Crippen molar-refractivity contribution in [2.24, 2.45) is 0 Å². The first kappa shape index (κ1) is 17.3. The van der Waals surface area contributed by atoms with Crippen LogP contribution in [0.5, 0.6) is 0 Å². The Morgan fingerprint density at radius 2 is 1.40 bits per heavy atom. The Morgan fingerprint density at radius 3 is 1.90 bits per heavy atom. The van der Waals surface area contributed by atoms with Gasteiger partial charge in [0.2, 0.25) is 0 Å². The van der Waals surface area contributed by atoms with Crippen molar-refractivity contribution >= 4 is 0 Å². The van der Waals surface area contributed by atoms with Gasteiger partial charge in [0.05, 0.1) is 0 Å². The van der Waals surface area contributed by atoms with E-state index in [0.717, 1.165) is 0 Å². The first-order chi connectivity index (χ1) is 9.73. The minimum Gasteiger partial charge on any atom is -0.365 e. The zero-order valence-corrected chi connectivity index (χ0v) is 14.0. The number of rotatable bonds is 12. The molecule has 116 valence electrons. The Hall–Kier alpha value is -0.720. The summed E-state index contributed by atoms with van der Waals surface area (Å²) in [5.74, 6) is 0. The van der Waals surface area contributed by atoms with E-state index in [9.17, 15) is 0 Å². The average molecular weight is 277 g/mol. The lowest BCUT2D eigenvalue weighted by Crippen LogP contribution is -2.22. The molecule has 0 aliphatic carbocycles. The lowest BCUT2D eigenvalue weighted by Gasteiger charge is -2.29. The second-order valence-corrected chi connectivity index (χ2v) is 6.62. The topological polar surface area (TPSA) is 15.8 Å². The summed E-state index contributed by atoms with van der Waals surface area (Å²) < 4.78 is 0. The lowest BCUT2D eigenvalue weighted by atomic mass is 9.77. The van der Waals surface area contributed by atoms with E-state index in [1.54, 1.807) is 0 Å². The summed E-state index contributed by atoms with van der Waals surface area (Å²) in [6, 6.07) is 4.43. The number of nitrogens with one attached hydrogen (secondary N) is 1.